The molecule has 0 fully saturated rings. The van der Waals surface area contributed by atoms with Crippen molar-refractivity contribution in [2.45, 2.75) is 63.9 Å². The summed E-state index contributed by atoms with van der Waals surface area (Å²) in [6.45, 7) is 5.28. The molecule has 0 bridgehead atoms. The van der Waals surface area contributed by atoms with Gasteiger partial charge in [0.15, 0.2) is 0 Å². The number of alkyl carbamates (subject to hydrolysis) is 1. The molecular formula is C38H41N3O6. The van der Waals surface area contributed by atoms with Crippen LogP contribution >= 0.6 is 0 Å². The molecule has 4 rings (SSSR count). The van der Waals surface area contributed by atoms with Crippen LogP contribution in [0.1, 0.15) is 49.1 Å². The van der Waals surface area contributed by atoms with Gasteiger partial charge in [0.1, 0.15) is 30.3 Å². The molecule has 47 heavy (non-hydrogen) atoms. The van der Waals surface area contributed by atoms with Crippen molar-refractivity contribution in [2.75, 3.05) is 0 Å². The highest BCUT2D eigenvalue weighted by atomic mass is 16.6. The molecule has 4 aromatic rings. The zero-order chi connectivity index (χ0) is 33.6. The van der Waals surface area contributed by atoms with Crippen LogP contribution in [-0.4, -0.2) is 41.6 Å². The Kier molecular flexibility index (Phi) is 12.3. The first kappa shape index (κ1) is 34.4. The lowest BCUT2D eigenvalue weighted by atomic mass is 10.0. The molecule has 3 amide bonds. The molecule has 0 aliphatic rings. The minimum Gasteiger partial charge on any atom is -0.458 e. The fraction of sp³-hybridized carbons (Fsp3) is 0.263. The maximum atomic E-state index is 13.9. The van der Waals surface area contributed by atoms with Crippen molar-refractivity contribution in [3.8, 4) is 0 Å². The molecule has 4 aromatic carbocycles. The van der Waals surface area contributed by atoms with Crippen LogP contribution in [0.15, 0.2) is 121 Å². The third-order valence-corrected chi connectivity index (χ3v) is 7.08. The number of rotatable bonds is 13. The number of hydrogen-bond donors (Lipinski definition) is 3. The third kappa shape index (κ3) is 11.5. The Hall–Kier alpha value is -5.44. The van der Waals surface area contributed by atoms with E-state index in [9.17, 15) is 19.2 Å². The Bertz CT molecular complexity index is 1590. The van der Waals surface area contributed by atoms with E-state index in [1.807, 2.05) is 91.0 Å². The summed E-state index contributed by atoms with van der Waals surface area (Å²) in [5.74, 6) is -1.79. The van der Waals surface area contributed by atoms with Crippen LogP contribution in [0.2, 0.25) is 0 Å². The highest BCUT2D eigenvalue weighted by molar-refractivity contribution is 5.93. The summed E-state index contributed by atoms with van der Waals surface area (Å²) >= 11 is 0. The molecule has 0 saturated heterocycles. The maximum absolute atomic E-state index is 13.9. The van der Waals surface area contributed by atoms with Crippen molar-refractivity contribution < 1.29 is 28.7 Å². The molecule has 9 nitrogen and oxygen atoms in total. The average molecular weight is 636 g/mol. The first-order chi connectivity index (χ1) is 22.6. The second-order valence-electron chi connectivity index (χ2n) is 12.1. The SMILES string of the molecule is CC(C)(C)OC(=O)[C@H](Cc1ccccc1)NC(=O)[C@H](Cc1ccccc1)NC(=O)[C@H](NC(=O)OCc1ccccc1)c1ccccc1. The largest absolute Gasteiger partial charge is 0.458 e. The first-order valence-electron chi connectivity index (χ1n) is 15.5. The zero-order valence-electron chi connectivity index (χ0n) is 26.8. The van der Waals surface area contributed by atoms with Gasteiger partial charge in [-0.3, -0.25) is 9.59 Å². The summed E-state index contributed by atoms with van der Waals surface area (Å²) in [5.41, 5.74) is 2.12. The lowest BCUT2D eigenvalue weighted by molar-refractivity contribution is -0.158. The molecule has 244 valence electrons. The van der Waals surface area contributed by atoms with Crippen LogP contribution in [0.3, 0.4) is 0 Å². The second kappa shape index (κ2) is 16.7. The predicted molar refractivity (Wildman–Crippen MR) is 179 cm³/mol. The molecule has 0 spiro atoms. The van der Waals surface area contributed by atoms with E-state index in [0.717, 1.165) is 16.7 Å². The van der Waals surface area contributed by atoms with Crippen molar-refractivity contribution in [2.24, 2.45) is 0 Å². The minimum atomic E-state index is -1.17. The van der Waals surface area contributed by atoms with Gasteiger partial charge in [-0.25, -0.2) is 9.59 Å². The molecule has 0 radical (unpaired) electrons. The van der Waals surface area contributed by atoms with E-state index in [-0.39, 0.29) is 19.4 Å². The number of amides is 3. The smallest absolute Gasteiger partial charge is 0.408 e. The normalized spacial score (nSPS) is 12.9. The second-order valence-corrected chi connectivity index (χ2v) is 12.1. The lowest BCUT2D eigenvalue weighted by Gasteiger charge is -2.27. The van der Waals surface area contributed by atoms with Gasteiger partial charge in [-0.2, -0.15) is 0 Å². The fourth-order valence-electron chi connectivity index (χ4n) is 4.83. The Morgan fingerprint density at radius 3 is 1.53 bits per heavy atom. The predicted octanol–water partition coefficient (Wildman–Crippen LogP) is 5.45. The van der Waals surface area contributed by atoms with Gasteiger partial charge in [0.05, 0.1) is 0 Å². The molecule has 0 aliphatic carbocycles. The van der Waals surface area contributed by atoms with Crippen molar-refractivity contribution in [1.29, 1.82) is 0 Å². The van der Waals surface area contributed by atoms with Gasteiger partial charge < -0.3 is 25.4 Å². The fourth-order valence-corrected chi connectivity index (χ4v) is 4.83. The Labute approximate surface area is 275 Å². The quantitative estimate of drug-likeness (QED) is 0.168. The number of esters is 1. The number of nitrogens with one attached hydrogen (secondary N) is 3. The standard InChI is InChI=1S/C38H41N3O6/c1-38(2,3)47-36(44)32(25-28-18-10-5-11-19-28)40-34(42)31(24-27-16-8-4-9-17-27)39-35(43)33(30-22-14-7-15-23-30)41-37(45)46-26-29-20-12-6-13-21-29/h4-23,31-33H,24-26H2,1-3H3,(H,39,43)(H,40,42)(H,41,45)/t31-,32-,33+/m0/s1. The topological polar surface area (TPSA) is 123 Å². The van der Waals surface area contributed by atoms with Crippen LogP contribution in [0, 0.1) is 0 Å². The van der Waals surface area contributed by atoms with Gasteiger partial charge in [0.25, 0.3) is 0 Å². The lowest BCUT2D eigenvalue weighted by Crippen LogP contribution is -2.55. The van der Waals surface area contributed by atoms with Crippen molar-refractivity contribution >= 4 is 23.9 Å². The summed E-state index contributed by atoms with van der Waals surface area (Å²) in [6, 6.07) is 33.1. The van der Waals surface area contributed by atoms with Crippen LogP contribution in [0.25, 0.3) is 0 Å². The van der Waals surface area contributed by atoms with Crippen LogP contribution in [0.4, 0.5) is 4.79 Å². The summed E-state index contributed by atoms with van der Waals surface area (Å²) in [4.78, 5) is 54.0. The molecule has 0 unspecified atom stereocenters. The van der Waals surface area contributed by atoms with E-state index in [2.05, 4.69) is 16.0 Å². The first-order valence-corrected chi connectivity index (χ1v) is 15.5. The highest BCUT2D eigenvalue weighted by Crippen LogP contribution is 2.16. The van der Waals surface area contributed by atoms with E-state index in [4.69, 9.17) is 9.47 Å². The van der Waals surface area contributed by atoms with Crippen molar-refractivity contribution in [3.63, 3.8) is 0 Å². The number of benzene rings is 4. The maximum Gasteiger partial charge on any atom is 0.408 e. The third-order valence-electron chi connectivity index (χ3n) is 7.08. The molecule has 3 N–H and O–H groups in total. The Morgan fingerprint density at radius 2 is 1.02 bits per heavy atom. The van der Waals surface area contributed by atoms with Gasteiger partial charge in [0.2, 0.25) is 11.8 Å². The van der Waals surface area contributed by atoms with E-state index in [1.165, 1.54) is 0 Å². The number of hydrogen-bond acceptors (Lipinski definition) is 6. The van der Waals surface area contributed by atoms with E-state index in [1.54, 1.807) is 51.1 Å². The minimum absolute atomic E-state index is 0.0162. The molecule has 0 saturated carbocycles. The van der Waals surface area contributed by atoms with E-state index < -0.39 is 47.6 Å². The number of ether oxygens (including phenoxy) is 2. The summed E-state index contributed by atoms with van der Waals surface area (Å²) in [6.07, 6.45) is -0.477. The monoisotopic (exact) mass is 635 g/mol. The molecular weight excluding hydrogens is 594 g/mol. The Balaban J connectivity index is 1.56. The molecule has 0 heterocycles. The summed E-state index contributed by atoms with van der Waals surface area (Å²) < 4.78 is 11.0. The van der Waals surface area contributed by atoms with Crippen LogP contribution in [-0.2, 0) is 43.3 Å². The van der Waals surface area contributed by atoms with Crippen LogP contribution in [0.5, 0.6) is 0 Å². The van der Waals surface area contributed by atoms with Crippen molar-refractivity contribution in [3.05, 3.63) is 144 Å². The Morgan fingerprint density at radius 1 is 0.574 bits per heavy atom. The van der Waals surface area contributed by atoms with Gasteiger partial charge in [-0.15, -0.1) is 0 Å². The average Bonchev–Trinajstić information content (AvgIpc) is 3.06. The molecule has 0 aliphatic heterocycles. The number of carbonyl (C=O) groups excluding carboxylic acids is 4. The zero-order valence-corrected chi connectivity index (χ0v) is 26.8. The van der Waals surface area contributed by atoms with Crippen molar-refractivity contribution in [1.82, 2.24) is 16.0 Å². The van der Waals surface area contributed by atoms with E-state index >= 15 is 0 Å². The van der Waals surface area contributed by atoms with Gasteiger partial charge >= 0.3 is 12.1 Å². The van der Waals surface area contributed by atoms with Crippen LogP contribution < -0.4 is 16.0 Å². The summed E-state index contributed by atoms with van der Waals surface area (Å²) in [7, 11) is 0. The summed E-state index contributed by atoms with van der Waals surface area (Å²) in [5, 5.41) is 8.31. The molecule has 0 aromatic heterocycles. The number of carbonyl (C=O) groups is 4. The van der Waals surface area contributed by atoms with E-state index in [0.29, 0.717) is 5.56 Å². The molecule has 9 heteroatoms. The molecule has 3 atom stereocenters. The van der Waals surface area contributed by atoms with Gasteiger partial charge in [-0.1, -0.05) is 121 Å². The van der Waals surface area contributed by atoms with Gasteiger partial charge in [0, 0.05) is 12.8 Å². The van der Waals surface area contributed by atoms with Gasteiger partial charge in [-0.05, 0) is 43.0 Å². The highest BCUT2D eigenvalue weighted by Gasteiger charge is 2.32.